The van der Waals surface area contributed by atoms with E-state index in [4.69, 9.17) is 19.9 Å². The monoisotopic (exact) mass is 375 g/mol. The van der Waals surface area contributed by atoms with Gasteiger partial charge in [-0.2, -0.15) is 10.2 Å². The molecule has 1 saturated heterocycles. The summed E-state index contributed by atoms with van der Waals surface area (Å²) in [5, 5.41) is 10.0. The predicted octanol–water partition coefficient (Wildman–Crippen LogP) is 3.85. The van der Waals surface area contributed by atoms with Gasteiger partial charge in [0.1, 0.15) is 5.69 Å². The molecule has 2 aliphatic carbocycles. The molecule has 2 fully saturated rings. The van der Waals surface area contributed by atoms with Gasteiger partial charge >= 0.3 is 0 Å². The molecule has 1 saturated carbocycles. The van der Waals surface area contributed by atoms with Gasteiger partial charge in [0.25, 0.3) is 0 Å². The van der Waals surface area contributed by atoms with E-state index in [1.165, 1.54) is 30.5 Å². The van der Waals surface area contributed by atoms with Gasteiger partial charge in [-0.1, -0.05) is 18.2 Å². The Morgan fingerprint density at radius 3 is 2.64 bits per heavy atom. The first-order chi connectivity index (χ1) is 13.8. The number of ether oxygens (including phenoxy) is 1. The summed E-state index contributed by atoms with van der Waals surface area (Å²) < 4.78 is 10.1. The van der Waals surface area contributed by atoms with Crippen LogP contribution in [0.25, 0.3) is 17.2 Å². The normalized spacial score (nSPS) is 24.0. The third kappa shape index (κ3) is 2.54. The fourth-order valence-corrected chi connectivity index (χ4v) is 4.69. The fourth-order valence-electron chi connectivity index (χ4n) is 4.69. The van der Waals surface area contributed by atoms with Crippen molar-refractivity contribution >= 4 is 0 Å². The Balaban J connectivity index is 1.52. The lowest BCUT2D eigenvalue weighted by molar-refractivity contribution is 0.105. The van der Waals surface area contributed by atoms with Crippen molar-refractivity contribution in [2.75, 3.05) is 6.61 Å². The maximum Gasteiger partial charge on any atom is 0.179 e. The number of rotatable bonds is 4. The zero-order valence-corrected chi connectivity index (χ0v) is 16.2. The minimum absolute atomic E-state index is 0.164. The highest BCUT2D eigenvalue weighted by molar-refractivity contribution is 5.60. The molecular formula is C22H25N5O. The first-order valence-electron chi connectivity index (χ1n) is 10.5. The van der Waals surface area contributed by atoms with Crippen LogP contribution < -0.4 is 0 Å². The Morgan fingerprint density at radius 1 is 1.04 bits per heavy atom. The van der Waals surface area contributed by atoms with Gasteiger partial charge < -0.3 is 4.74 Å². The summed E-state index contributed by atoms with van der Waals surface area (Å²) in [5.41, 5.74) is 4.83. The van der Waals surface area contributed by atoms with Crippen LogP contribution in [-0.2, 0) is 17.6 Å². The van der Waals surface area contributed by atoms with Crippen LogP contribution in [0.2, 0.25) is 0 Å². The molecule has 1 aliphatic heterocycles. The van der Waals surface area contributed by atoms with Crippen molar-refractivity contribution < 1.29 is 4.74 Å². The highest BCUT2D eigenvalue weighted by Crippen LogP contribution is 2.41. The van der Waals surface area contributed by atoms with Crippen molar-refractivity contribution in [2.24, 2.45) is 0 Å². The van der Waals surface area contributed by atoms with Gasteiger partial charge in [0, 0.05) is 23.8 Å². The minimum atomic E-state index is 0.164. The molecule has 2 unspecified atom stereocenters. The molecule has 0 amide bonds. The molecule has 0 bridgehead atoms. The van der Waals surface area contributed by atoms with Crippen LogP contribution in [-0.4, -0.2) is 37.3 Å². The smallest absolute Gasteiger partial charge is 0.179 e. The lowest BCUT2D eigenvalue weighted by Gasteiger charge is -2.16. The standard InChI is InChI=1S/C22H25N5O/c1-14-18(12-13-28-14)27-22(23-21(25-27)15-10-11-15)20-17-8-5-9-19(17)26(24-20)16-6-3-2-4-7-16/h2-4,6-7,14-15,18H,5,8-13H2,1H3. The molecule has 0 radical (unpaired) electrons. The second kappa shape index (κ2) is 6.27. The molecule has 6 heteroatoms. The summed E-state index contributed by atoms with van der Waals surface area (Å²) in [6, 6.07) is 10.7. The van der Waals surface area contributed by atoms with E-state index in [0.717, 1.165) is 48.9 Å². The molecule has 0 N–H and O–H groups in total. The summed E-state index contributed by atoms with van der Waals surface area (Å²) in [4.78, 5) is 5.03. The molecule has 6 rings (SSSR count). The molecule has 2 atom stereocenters. The minimum Gasteiger partial charge on any atom is -0.376 e. The van der Waals surface area contributed by atoms with Crippen molar-refractivity contribution in [3.63, 3.8) is 0 Å². The van der Waals surface area contributed by atoms with E-state index < -0.39 is 0 Å². The van der Waals surface area contributed by atoms with Crippen molar-refractivity contribution in [2.45, 2.75) is 63.5 Å². The summed E-state index contributed by atoms with van der Waals surface area (Å²) in [7, 11) is 0. The zero-order valence-electron chi connectivity index (χ0n) is 16.2. The van der Waals surface area contributed by atoms with Gasteiger partial charge in [0.05, 0.1) is 17.8 Å². The fraction of sp³-hybridized carbons (Fsp3) is 0.500. The molecule has 6 nitrogen and oxygen atoms in total. The maximum absolute atomic E-state index is 5.85. The van der Waals surface area contributed by atoms with Gasteiger partial charge in [0.15, 0.2) is 11.6 Å². The Hall–Kier alpha value is -2.47. The lowest BCUT2D eigenvalue weighted by atomic mass is 10.1. The first kappa shape index (κ1) is 16.5. The quantitative estimate of drug-likeness (QED) is 0.695. The third-order valence-electron chi connectivity index (χ3n) is 6.38. The summed E-state index contributed by atoms with van der Waals surface area (Å²) >= 11 is 0. The molecule has 3 heterocycles. The van der Waals surface area contributed by atoms with Crippen LogP contribution in [0.1, 0.15) is 61.6 Å². The second-order valence-electron chi connectivity index (χ2n) is 8.32. The number of fused-ring (bicyclic) bond motifs is 1. The van der Waals surface area contributed by atoms with Crippen molar-refractivity contribution in [1.82, 2.24) is 24.5 Å². The third-order valence-corrected chi connectivity index (χ3v) is 6.38. The number of para-hydroxylation sites is 1. The molecule has 144 valence electrons. The summed E-state index contributed by atoms with van der Waals surface area (Å²) in [5.74, 6) is 2.47. The molecule has 0 spiro atoms. The number of hydrogen-bond acceptors (Lipinski definition) is 4. The maximum atomic E-state index is 5.85. The van der Waals surface area contributed by atoms with Gasteiger partial charge in [-0.05, 0) is 57.6 Å². The highest BCUT2D eigenvalue weighted by Gasteiger charge is 2.36. The topological polar surface area (TPSA) is 57.8 Å². The van der Waals surface area contributed by atoms with E-state index in [1.54, 1.807) is 0 Å². The molecule has 2 aromatic heterocycles. The van der Waals surface area contributed by atoms with Crippen molar-refractivity contribution in [1.29, 1.82) is 0 Å². The van der Waals surface area contributed by atoms with E-state index in [9.17, 15) is 0 Å². The van der Waals surface area contributed by atoms with Crippen LogP contribution in [0.5, 0.6) is 0 Å². The number of nitrogens with zero attached hydrogens (tertiary/aromatic N) is 5. The number of aromatic nitrogens is 5. The van der Waals surface area contributed by atoms with E-state index in [-0.39, 0.29) is 12.1 Å². The van der Waals surface area contributed by atoms with Crippen LogP contribution in [0.3, 0.4) is 0 Å². The molecule has 3 aromatic rings. The molecular weight excluding hydrogens is 350 g/mol. The van der Waals surface area contributed by atoms with Crippen molar-refractivity contribution in [3.8, 4) is 17.2 Å². The summed E-state index contributed by atoms with van der Waals surface area (Å²) in [6.07, 6.45) is 6.89. The van der Waals surface area contributed by atoms with E-state index in [0.29, 0.717) is 5.92 Å². The largest absolute Gasteiger partial charge is 0.376 e. The lowest BCUT2D eigenvalue weighted by Crippen LogP contribution is -2.19. The van der Waals surface area contributed by atoms with E-state index in [2.05, 4.69) is 40.6 Å². The van der Waals surface area contributed by atoms with Gasteiger partial charge in [-0.3, -0.25) is 0 Å². The first-order valence-corrected chi connectivity index (χ1v) is 10.5. The predicted molar refractivity (Wildman–Crippen MR) is 106 cm³/mol. The van der Waals surface area contributed by atoms with Gasteiger partial charge in [0.2, 0.25) is 0 Å². The van der Waals surface area contributed by atoms with E-state index in [1.807, 2.05) is 6.07 Å². The summed E-state index contributed by atoms with van der Waals surface area (Å²) in [6.45, 7) is 2.94. The average molecular weight is 375 g/mol. The SMILES string of the molecule is CC1OCCC1n1nc(C2CC2)nc1-c1nn(-c2ccccc2)c2c1CCC2. The number of hydrogen-bond donors (Lipinski definition) is 0. The van der Waals surface area contributed by atoms with Gasteiger partial charge in [-0.15, -0.1) is 0 Å². The van der Waals surface area contributed by atoms with Gasteiger partial charge in [-0.25, -0.2) is 14.3 Å². The van der Waals surface area contributed by atoms with Crippen molar-refractivity contribution in [3.05, 3.63) is 47.4 Å². The number of benzene rings is 1. The van der Waals surface area contributed by atoms with Crippen LogP contribution in [0, 0.1) is 0 Å². The Kier molecular flexibility index (Phi) is 3.69. The van der Waals surface area contributed by atoms with E-state index >= 15 is 0 Å². The second-order valence-corrected chi connectivity index (χ2v) is 8.32. The average Bonchev–Trinajstić information content (AvgIpc) is 3.06. The zero-order chi connectivity index (χ0) is 18.7. The highest BCUT2D eigenvalue weighted by atomic mass is 16.5. The Labute approximate surface area is 164 Å². The molecule has 28 heavy (non-hydrogen) atoms. The Morgan fingerprint density at radius 2 is 1.89 bits per heavy atom. The Bertz CT molecular complexity index is 1020. The van der Waals surface area contributed by atoms with Crippen LogP contribution in [0.4, 0.5) is 0 Å². The molecule has 1 aromatic carbocycles. The van der Waals surface area contributed by atoms with Crippen LogP contribution in [0.15, 0.2) is 30.3 Å². The molecule has 3 aliphatic rings. The van der Waals surface area contributed by atoms with Crippen LogP contribution >= 0.6 is 0 Å².